The largest absolute Gasteiger partial charge is 0.500 e. The summed E-state index contributed by atoms with van der Waals surface area (Å²) in [7, 11) is -2.63. The number of carbonyl (C=O) groups is 1. The molecular formula is C13H29NO5Si. The van der Waals surface area contributed by atoms with Crippen LogP contribution < -0.4 is 5.32 Å². The molecule has 0 saturated heterocycles. The Hall–Kier alpha value is -0.473. The van der Waals surface area contributed by atoms with Gasteiger partial charge in [-0.1, -0.05) is 0 Å². The van der Waals surface area contributed by atoms with E-state index in [1.54, 1.807) is 0 Å². The molecule has 0 aromatic carbocycles. The van der Waals surface area contributed by atoms with E-state index in [0.29, 0.717) is 38.8 Å². The molecule has 7 heteroatoms. The molecule has 0 spiro atoms. The Morgan fingerprint density at radius 2 is 1.55 bits per heavy atom. The first-order chi connectivity index (χ1) is 9.31. The smallest absolute Gasteiger partial charge is 0.381 e. The zero-order chi connectivity index (χ0) is 15.6. The van der Waals surface area contributed by atoms with Gasteiger partial charge < -0.3 is 23.7 Å². The molecule has 120 valence electrons. The van der Waals surface area contributed by atoms with Gasteiger partial charge in [-0.3, -0.25) is 4.79 Å². The Kier molecular flexibility index (Phi) is 9.24. The minimum atomic E-state index is -2.63. The van der Waals surface area contributed by atoms with Crippen LogP contribution in [0.15, 0.2) is 0 Å². The Morgan fingerprint density at radius 1 is 1.10 bits per heavy atom. The molecule has 0 aliphatic carbocycles. The van der Waals surface area contributed by atoms with Gasteiger partial charge in [0.1, 0.15) is 5.60 Å². The Labute approximate surface area is 123 Å². The highest BCUT2D eigenvalue weighted by molar-refractivity contribution is 6.60. The van der Waals surface area contributed by atoms with Crippen molar-refractivity contribution in [3.05, 3.63) is 0 Å². The summed E-state index contributed by atoms with van der Waals surface area (Å²) in [4.78, 5) is 11.5. The molecule has 0 bridgehead atoms. The number of aliphatic hydroxyl groups is 1. The second-order valence-corrected chi connectivity index (χ2v) is 7.63. The van der Waals surface area contributed by atoms with Crippen LogP contribution >= 0.6 is 0 Å². The van der Waals surface area contributed by atoms with E-state index in [1.807, 2.05) is 20.8 Å². The van der Waals surface area contributed by atoms with E-state index in [0.717, 1.165) is 0 Å². The van der Waals surface area contributed by atoms with E-state index >= 15 is 0 Å². The lowest BCUT2D eigenvalue weighted by Crippen LogP contribution is -2.47. The van der Waals surface area contributed by atoms with Gasteiger partial charge in [0.15, 0.2) is 0 Å². The minimum absolute atomic E-state index is 0.381. The summed E-state index contributed by atoms with van der Waals surface area (Å²) in [6, 6.07) is 0.647. The maximum absolute atomic E-state index is 11.5. The van der Waals surface area contributed by atoms with Gasteiger partial charge in [-0.05, 0) is 41.0 Å². The number of amides is 1. The summed E-state index contributed by atoms with van der Waals surface area (Å²) in [5.41, 5.74) is -1.35. The Bertz CT molecular complexity index is 263. The van der Waals surface area contributed by atoms with Gasteiger partial charge in [0.25, 0.3) is 5.91 Å². The summed E-state index contributed by atoms with van der Waals surface area (Å²) < 4.78 is 17.2. The molecule has 0 aromatic rings. The molecule has 6 nitrogen and oxygen atoms in total. The maximum atomic E-state index is 11.5. The summed E-state index contributed by atoms with van der Waals surface area (Å²) >= 11 is 0. The van der Waals surface area contributed by atoms with Crippen molar-refractivity contribution in [3.8, 4) is 0 Å². The number of hydrogen-bond donors (Lipinski definition) is 2. The van der Waals surface area contributed by atoms with E-state index in [1.165, 1.54) is 13.8 Å². The predicted molar refractivity (Wildman–Crippen MR) is 79.4 cm³/mol. The monoisotopic (exact) mass is 307 g/mol. The third-order valence-corrected chi connectivity index (χ3v) is 5.75. The van der Waals surface area contributed by atoms with Crippen LogP contribution in [0.4, 0.5) is 0 Å². The summed E-state index contributed by atoms with van der Waals surface area (Å²) in [6.07, 6.45) is 0.689. The zero-order valence-corrected chi connectivity index (χ0v) is 14.3. The van der Waals surface area contributed by atoms with Gasteiger partial charge in [0.2, 0.25) is 0 Å². The van der Waals surface area contributed by atoms with Crippen molar-refractivity contribution in [1.29, 1.82) is 0 Å². The summed E-state index contributed by atoms with van der Waals surface area (Å²) in [6.45, 7) is 10.8. The lowest BCUT2D eigenvalue weighted by Gasteiger charge is -2.28. The standard InChI is InChI=1S/C13H29NO5Si/c1-6-17-20(18-7-2,19-8-3)11-9-10-14-12(15)13(4,5)16/h16H,6-11H2,1-5H3,(H,14,15). The van der Waals surface area contributed by atoms with Crippen molar-refractivity contribution >= 4 is 14.7 Å². The van der Waals surface area contributed by atoms with Gasteiger partial charge in [0, 0.05) is 32.4 Å². The van der Waals surface area contributed by atoms with Crippen molar-refractivity contribution < 1.29 is 23.2 Å². The van der Waals surface area contributed by atoms with E-state index in [9.17, 15) is 9.90 Å². The lowest BCUT2D eigenvalue weighted by atomic mass is 10.1. The van der Waals surface area contributed by atoms with Crippen LogP contribution in [0, 0.1) is 0 Å². The van der Waals surface area contributed by atoms with Crippen molar-refractivity contribution in [2.45, 2.75) is 52.7 Å². The Balaban J connectivity index is 4.29. The number of nitrogens with one attached hydrogen (secondary N) is 1. The number of rotatable bonds is 11. The zero-order valence-electron chi connectivity index (χ0n) is 13.3. The molecule has 0 aromatic heterocycles. The molecule has 0 atom stereocenters. The average Bonchev–Trinajstić information content (AvgIpc) is 2.34. The third kappa shape index (κ3) is 7.35. The highest BCUT2D eigenvalue weighted by atomic mass is 28.4. The van der Waals surface area contributed by atoms with Crippen molar-refractivity contribution in [2.24, 2.45) is 0 Å². The second-order valence-electron chi connectivity index (χ2n) is 4.90. The summed E-state index contributed by atoms with van der Waals surface area (Å²) in [5, 5.41) is 12.2. The molecule has 0 radical (unpaired) electrons. The van der Waals surface area contributed by atoms with E-state index in [4.69, 9.17) is 13.3 Å². The van der Waals surface area contributed by atoms with Gasteiger partial charge in [-0.2, -0.15) is 0 Å². The molecule has 0 aliphatic rings. The van der Waals surface area contributed by atoms with Crippen molar-refractivity contribution in [1.82, 2.24) is 5.32 Å². The van der Waals surface area contributed by atoms with Gasteiger partial charge in [-0.15, -0.1) is 0 Å². The van der Waals surface area contributed by atoms with Gasteiger partial charge in [-0.25, -0.2) is 0 Å². The minimum Gasteiger partial charge on any atom is -0.381 e. The fourth-order valence-corrected chi connectivity index (χ4v) is 4.34. The highest BCUT2D eigenvalue weighted by Gasteiger charge is 2.39. The third-order valence-electron chi connectivity index (χ3n) is 2.59. The molecule has 0 rings (SSSR count). The second kappa shape index (κ2) is 9.46. The molecule has 1 amide bonds. The average molecular weight is 307 g/mol. The first-order valence-corrected chi connectivity index (χ1v) is 9.17. The van der Waals surface area contributed by atoms with E-state index < -0.39 is 14.4 Å². The predicted octanol–water partition coefficient (Wildman–Crippen LogP) is 1.31. The molecule has 0 unspecified atom stereocenters. The van der Waals surface area contributed by atoms with Crippen LogP contribution in [-0.4, -0.2) is 51.8 Å². The Morgan fingerprint density at radius 3 is 1.90 bits per heavy atom. The highest BCUT2D eigenvalue weighted by Crippen LogP contribution is 2.17. The van der Waals surface area contributed by atoms with Crippen LogP contribution in [0.5, 0.6) is 0 Å². The molecule has 0 fully saturated rings. The normalized spacial score (nSPS) is 12.5. The van der Waals surface area contributed by atoms with Crippen LogP contribution in [0.25, 0.3) is 0 Å². The first-order valence-electron chi connectivity index (χ1n) is 7.23. The van der Waals surface area contributed by atoms with Crippen LogP contribution in [0.3, 0.4) is 0 Å². The molecule has 0 saturated carbocycles. The van der Waals surface area contributed by atoms with Gasteiger partial charge >= 0.3 is 8.80 Å². The topological polar surface area (TPSA) is 77.0 Å². The SMILES string of the molecule is CCO[Si](CCCNC(=O)C(C)(C)O)(OCC)OCC. The molecule has 20 heavy (non-hydrogen) atoms. The quantitative estimate of drug-likeness (QED) is 0.444. The van der Waals surface area contributed by atoms with E-state index in [-0.39, 0.29) is 5.91 Å². The lowest BCUT2D eigenvalue weighted by molar-refractivity contribution is -0.136. The molecule has 0 aliphatic heterocycles. The van der Waals surface area contributed by atoms with Crippen molar-refractivity contribution in [2.75, 3.05) is 26.4 Å². The van der Waals surface area contributed by atoms with E-state index in [2.05, 4.69) is 5.32 Å². The van der Waals surface area contributed by atoms with Crippen molar-refractivity contribution in [3.63, 3.8) is 0 Å². The summed E-state index contributed by atoms with van der Waals surface area (Å²) in [5.74, 6) is -0.381. The number of carbonyl (C=O) groups excluding carboxylic acids is 1. The first kappa shape index (κ1) is 19.5. The molecule has 0 heterocycles. The van der Waals surface area contributed by atoms with Crippen LogP contribution in [0.1, 0.15) is 41.0 Å². The number of hydrogen-bond acceptors (Lipinski definition) is 5. The van der Waals surface area contributed by atoms with Crippen LogP contribution in [-0.2, 0) is 18.1 Å². The molecule has 2 N–H and O–H groups in total. The van der Waals surface area contributed by atoms with Crippen LogP contribution in [0.2, 0.25) is 6.04 Å². The van der Waals surface area contributed by atoms with Gasteiger partial charge in [0.05, 0.1) is 0 Å². The molecular weight excluding hydrogens is 278 g/mol. The maximum Gasteiger partial charge on any atom is 0.500 e. The fraction of sp³-hybridized carbons (Fsp3) is 0.923. The fourth-order valence-electron chi connectivity index (χ4n) is 1.72.